The van der Waals surface area contributed by atoms with E-state index >= 15 is 4.79 Å². The van der Waals surface area contributed by atoms with Gasteiger partial charge in [0.05, 0.1) is 35.6 Å². The van der Waals surface area contributed by atoms with Gasteiger partial charge in [0.2, 0.25) is 17.7 Å². The van der Waals surface area contributed by atoms with E-state index in [1.807, 2.05) is 75.4 Å². The fourth-order valence-corrected chi connectivity index (χ4v) is 8.64. The second-order valence-corrected chi connectivity index (χ2v) is 14.1. The fraction of sp³-hybridized carbons (Fsp3) is 0.500. The molecule has 0 radical (unpaired) electrons. The zero-order valence-corrected chi connectivity index (χ0v) is 28.8. The molecule has 3 aliphatic rings. The average molecular weight is 669 g/mol. The molecule has 3 aromatic rings. The van der Waals surface area contributed by atoms with Crippen molar-refractivity contribution in [1.82, 2.24) is 29.7 Å². The molecule has 6 atom stereocenters. The third kappa shape index (κ3) is 5.86. The van der Waals surface area contributed by atoms with E-state index in [4.69, 9.17) is 4.74 Å². The molecule has 1 N–H and O–H groups in total. The number of hydrogen-bond donors (Lipinski definition) is 1. The first-order chi connectivity index (χ1) is 23.6. The molecule has 11 heteroatoms. The minimum absolute atomic E-state index is 0.0735. The molecule has 0 aliphatic carbocycles. The normalized spacial score (nSPS) is 26.3. The molecule has 3 amide bonds. The van der Waals surface area contributed by atoms with Crippen LogP contribution in [0.5, 0.6) is 0 Å². The van der Waals surface area contributed by atoms with Crippen LogP contribution in [0.2, 0.25) is 0 Å². The zero-order chi connectivity index (χ0) is 34.9. The Bertz CT molecular complexity index is 1710. The monoisotopic (exact) mass is 668 g/mol. The molecule has 2 unspecified atom stereocenters. The largest absolute Gasteiger partial charge is 0.394 e. The maximum absolute atomic E-state index is 15.1. The Hall–Kier alpha value is -4.35. The van der Waals surface area contributed by atoms with Crippen LogP contribution in [-0.2, 0) is 32.3 Å². The Kier molecular flexibility index (Phi) is 9.77. The Morgan fingerprint density at radius 3 is 2.41 bits per heavy atom. The number of ether oxygens (including phenoxy) is 1. The summed E-state index contributed by atoms with van der Waals surface area (Å²) in [5, 5.41) is 19.4. The van der Waals surface area contributed by atoms with E-state index in [2.05, 4.69) is 23.5 Å². The summed E-state index contributed by atoms with van der Waals surface area (Å²) in [6, 6.07) is 15.6. The van der Waals surface area contributed by atoms with Gasteiger partial charge in [-0.25, -0.2) is 4.68 Å². The molecule has 2 bridgehead atoms. The van der Waals surface area contributed by atoms with Crippen molar-refractivity contribution >= 4 is 28.8 Å². The van der Waals surface area contributed by atoms with Crippen molar-refractivity contribution < 1.29 is 24.2 Å². The molecular formula is C38H48N6O5. The van der Waals surface area contributed by atoms with Crippen molar-refractivity contribution in [3.63, 3.8) is 0 Å². The summed E-state index contributed by atoms with van der Waals surface area (Å²) in [6.45, 7) is 14.5. The molecule has 2 aromatic carbocycles. The molecule has 11 nitrogen and oxygen atoms in total. The van der Waals surface area contributed by atoms with E-state index in [9.17, 15) is 14.7 Å². The van der Waals surface area contributed by atoms with Crippen LogP contribution in [0, 0.1) is 17.8 Å². The van der Waals surface area contributed by atoms with Crippen LogP contribution in [0.1, 0.15) is 52.0 Å². The maximum Gasteiger partial charge on any atom is 0.250 e. The summed E-state index contributed by atoms with van der Waals surface area (Å²) in [5.41, 5.74) is 0.280. The number of aromatic nitrogens is 3. The highest BCUT2D eigenvalue weighted by molar-refractivity contribution is 5.99. The van der Waals surface area contributed by atoms with Crippen molar-refractivity contribution in [3.8, 4) is 0 Å². The number of likely N-dealkylation sites (tertiary alicyclic amines) is 1. The van der Waals surface area contributed by atoms with Gasteiger partial charge in [-0.15, -0.1) is 18.3 Å². The van der Waals surface area contributed by atoms with Crippen LogP contribution in [-0.4, -0.2) is 95.5 Å². The first-order valence-corrected chi connectivity index (χ1v) is 17.4. The smallest absolute Gasteiger partial charge is 0.250 e. The molecule has 4 heterocycles. The lowest BCUT2D eigenvalue weighted by Crippen LogP contribution is -2.59. The minimum Gasteiger partial charge on any atom is -0.394 e. The predicted molar refractivity (Wildman–Crippen MR) is 186 cm³/mol. The first kappa shape index (κ1) is 34.5. The number of para-hydroxylation sites is 1. The highest BCUT2D eigenvalue weighted by Gasteiger charge is 2.79. The molecule has 3 aliphatic heterocycles. The molecule has 49 heavy (non-hydrogen) atoms. The van der Waals surface area contributed by atoms with Gasteiger partial charge < -0.3 is 24.5 Å². The lowest BCUT2D eigenvalue weighted by molar-refractivity contribution is -0.159. The fourth-order valence-electron chi connectivity index (χ4n) is 8.64. The van der Waals surface area contributed by atoms with Crippen LogP contribution < -0.4 is 0 Å². The van der Waals surface area contributed by atoms with Gasteiger partial charge in [-0.2, -0.15) is 0 Å². The second-order valence-electron chi connectivity index (χ2n) is 14.1. The summed E-state index contributed by atoms with van der Waals surface area (Å²) in [4.78, 5) is 49.8. The number of fused-ring (bicyclic) bond motifs is 2. The number of hydrogen-bond acceptors (Lipinski definition) is 7. The number of carbonyl (C=O) groups excluding carboxylic acids is 3. The lowest BCUT2D eigenvalue weighted by atomic mass is 9.64. The highest BCUT2D eigenvalue weighted by atomic mass is 16.5. The van der Waals surface area contributed by atoms with Crippen LogP contribution in [0.4, 0.5) is 0 Å². The lowest BCUT2D eigenvalue weighted by Gasteiger charge is -2.40. The third-order valence-corrected chi connectivity index (χ3v) is 10.7. The van der Waals surface area contributed by atoms with Crippen molar-refractivity contribution in [3.05, 3.63) is 85.5 Å². The van der Waals surface area contributed by atoms with Crippen molar-refractivity contribution in [2.45, 2.75) is 83.0 Å². The molecular weight excluding hydrogens is 620 g/mol. The van der Waals surface area contributed by atoms with Crippen LogP contribution >= 0.6 is 0 Å². The van der Waals surface area contributed by atoms with E-state index in [0.717, 1.165) is 11.1 Å². The predicted octanol–water partition coefficient (Wildman–Crippen LogP) is 4.18. The van der Waals surface area contributed by atoms with Crippen molar-refractivity contribution in [2.75, 3.05) is 19.7 Å². The summed E-state index contributed by atoms with van der Waals surface area (Å²) in [7, 11) is 0. The standard InChI is InChI=1S/C38H48N6O5/c1-6-20-41(23-27-14-10-9-11-15-27)34(46)31-32-35(47)44(28(24-45)22-26(4)5)33(38(32)19-18-37(31,8-3)49-38)36(48)42(21-7-2)25-43-30-17-13-12-16-29(30)39-40-43/h6-7,9-17,26,28,31-33,45H,1-2,8,18-25H2,3-5H3/t28-,31-,32+,33?,37+,38?/m1/s1. The zero-order valence-electron chi connectivity index (χ0n) is 28.8. The molecule has 6 rings (SSSR count). The van der Waals surface area contributed by atoms with Crippen LogP contribution in [0.15, 0.2) is 79.9 Å². The Balaban J connectivity index is 1.43. The van der Waals surface area contributed by atoms with Gasteiger partial charge in [0.15, 0.2) is 0 Å². The summed E-state index contributed by atoms with van der Waals surface area (Å²) >= 11 is 0. The number of amides is 3. The van der Waals surface area contributed by atoms with Crippen molar-refractivity contribution in [2.24, 2.45) is 17.8 Å². The summed E-state index contributed by atoms with van der Waals surface area (Å²) in [6.07, 6.45) is 5.33. The number of aliphatic hydroxyl groups excluding tert-OH is 1. The van der Waals surface area contributed by atoms with Gasteiger partial charge in [0.1, 0.15) is 23.8 Å². The summed E-state index contributed by atoms with van der Waals surface area (Å²) in [5.74, 6) is -2.37. The molecule has 0 saturated carbocycles. The Labute approximate surface area is 288 Å². The highest BCUT2D eigenvalue weighted by Crippen LogP contribution is 2.65. The molecule has 1 spiro atoms. The van der Waals surface area contributed by atoms with Gasteiger partial charge in [-0.05, 0) is 49.3 Å². The van der Waals surface area contributed by atoms with Crippen LogP contribution in [0.3, 0.4) is 0 Å². The Morgan fingerprint density at radius 2 is 1.73 bits per heavy atom. The number of aliphatic hydroxyl groups is 1. The topological polar surface area (TPSA) is 121 Å². The SMILES string of the molecule is C=CCN(Cn1nnc2ccccc21)C(=O)C1N([C@@H](CO)CC(C)C)C(=O)[C@@H]2[C@H](C(=O)N(CC=C)Cc3ccccc3)[C@]3(CC)CCC12O3. The quantitative estimate of drug-likeness (QED) is 0.241. The van der Waals surface area contributed by atoms with E-state index in [0.29, 0.717) is 44.3 Å². The molecule has 260 valence electrons. The van der Waals surface area contributed by atoms with E-state index in [-0.39, 0.29) is 43.5 Å². The maximum atomic E-state index is 15.1. The average Bonchev–Trinajstić information content (AvgIpc) is 3.83. The Morgan fingerprint density at radius 1 is 1.04 bits per heavy atom. The van der Waals surface area contributed by atoms with E-state index < -0.39 is 35.1 Å². The number of nitrogens with zero attached hydrogens (tertiary/aromatic N) is 6. The number of carbonyl (C=O) groups is 3. The molecule has 1 aromatic heterocycles. The third-order valence-electron chi connectivity index (χ3n) is 10.7. The number of rotatable bonds is 15. The molecule has 3 fully saturated rings. The minimum atomic E-state index is -1.24. The molecule has 3 saturated heterocycles. The van der Waals surface area contributed by atoms with Gasteiger partial charge >= 0.3 is 0 Å². The second kappa shape index (κ2) is 13.9. The first-order valence-electron chi connectivity index (χ1n) is 17.4. The van der Waals surface area contributed by atoms with Gasteiger partial charge in [0, 0.05) is 19.6 Å². The van der Waals surface area contributed by atoms with Gasteiger partial charge in [0.25, 0.3) is 0 Å². The van der Waals surface area contributed by atoms with Crippen molar-refractivity contribution in [1.29, 1.82) is 0 Å². The van der Waals surface area contributed by atoms with E-state index in [1.54, 1.807) is 31.5 Å². The summed E-state index contributed by atoms with van der Waals surface area (Å²) < 4.78 is 8.74. The van der Waals surface area contributed by atoms with Crippen LogP contribution in [0.25, 0.3) is 11.0 Å². The van der Waals surface area contributed by atoms with Gasteiger partial charge in [-0.3, -0.25) is 14.4 Å². The number of benzene rings is 2. The van der Waals surface area contributed by atoms with Gasteiger partial charge in [-0.1, -0.05) is 80.6 Å². The van der Waals surface area contributed by atoms with E-state index in [1.165, 1.54) is 0 Å².